The van der Waals surface area contributed by atoms with Gasteiger partial charge in [0.2, 0.25) is 0 Å². The normalized spacial score (nSPS) is 17.8. The summed E-state index contributed by atoms with van der Waals surface area (Å²) in [6.07, 6.45) is 6.00. The fourth-order valence-electron chi connectivity index (χ4n) is 3.29. The third-order valence-corrected chi connectivity index (χ3v) is 4.37. The number of pyridine rings is 2. The second-order valence-electron chi connectivity index (χ2n) is 5.80. The van der Waals surface area contributed by atoms with Gasteiger partial charge in [0.1, 0.15) is 11.3 Å². The SMILES string of the molecule is Cc1nc2cccnc2n1C1CCN(C(=O)c2ccncc2)C1. The number of likely N-dealkylation sites (tertiary alicyclic amines) is 1. The molecule has 1 unspecified atom stereocenters. The molecule has 1 aliphatic heterocycles. The standard InChI is InChI=1S/C17H17N5O/c1-12-20-15-3-2-7-19-16(15)22(12)14-6-10-21(11-14)17(23)13-4-8-18-9-5-13/h2-5,7-9,14H,6,10-11H2,1H3. The molecular weight excluding hydrogens is 290 g/mol. The molecule has 4 rings (SSSR count). The van der Waals surface area contributed by atoms with Crippen molar-refractivity contribution in [3.63, 3.8) is 0 Å². The smallest absolute Gasteiger partial charge is 0.254 e. The highest BCUT2D eigenvalue weighted by Gasteiger charge is 2.30. The lowest BCUT2D eigenvalue weighted by molar-refractivity contribution is 0.0787. The molecule has 1 aliphatic rings. The van der Waals surface area contributed by atoms with Crippen molar-refractivity contribution in [3.05, 3.63) is 54.2 Å². The van der Waals surface area contributed by atoms with E-state index < -0.39 is 0 Å². The summed E-state index contributed by atoms with van der Waals surface area (Å²) in [7, 11) is 0. The second-order valence-corrected chi connectivity index (χ2v) is 5.80. The first-order valence-electron chi connectivity index (χ1n) is 7.73. The Morgan fingerprint density at radius 3 is 2.87 bits per heavy atom. The fraction of sp³-hybridized carbons (Fsp3) is 0.294. The summed E-state index contributed by atoms with van der Waals surface area (Å²) in [5.74, 6) is 1.01. The highest BCUT2D eigenvalue weighted by atomic mass is 16.2. The van der Waals surface area contributed by atoms with Crippen molar-refractivity contribution >= 4 is 17.1 Å². The van der Waals surface area contributed by atoms with Crippen LogP contribution in [0.15, 0.2) is 42.9 Å². The van der Waals surface area contributed by atoms with E-state index in [-0.39, 0.29) is 11.9 Å². The minimum absolute atomic E-state index is 0.0601. The van der Waals surface area contributed by atoms with Gasteiger partial charge in [-0.15, -0.1) is 0 Å². The second kappa shape index (κ2) is 5.46. The molecule has 4 heterocycles. The summed E-state index contributed by atoms with van der Waals surface area (Å²) in [5.41, 5.74) is 2.49. The molecule has 6 nitrogen and oxygen atoms in total. The monoisotopic (exact) mass is 307 g/mol. The largest absolute Gasteiger partial charge is 0.336 e. The molecule has 1 fully saturated rings. The maximum Gasteiger partial charge on any atom is 0.254 e. The first kappa shape index (κ1) is 13.9. The maximum absolute atomic E-state index is 12.6. The van der Waals surface area contributed by atoms with Crippen molar-refractivity contribution in [2.75, 3.05) is 13.1 Å². The Morgan fingerprint density at radius 2 is 2.04 bits per heavy atom. The predicted octanol–water partition coefficient (Wildman–Crippen LogP) is 2.22. The third kappa shape index (κ3) is 2.36. The molecule has 0 aliphatic carbocycles. The first-order valence-corrected chi connectivity index (χ1v) is 7.73. The molecule has 0 N–H and O–H groups in total. The van der Waals surface area contributed by atoms with Crippen LogP contribution in [-0.4, -0.2) is 43.4 Å². The van der Waals surface area contributed by atoms with Gasteiger partial charge in [0, 0.05) is 37.2 Å². The van der Waals surface area contributed by atoms with E-state index in [1.165, 1.54) is 0 Å². The molecule has 1 atom stereocenters. The minimum atomic E-state index is 0.0601. The fourth-order valence-corrected chi connectivity index (χ4v) is 3.29. The summed E-state index contributed by atoms with van der Waals surface area (Å²) in [4.78, 5) is 27.5. The molecule has 1 saturated heterocycles. The van der Waals surface area contributed by atoms with Gasteiger partial charge in [-0.1, -0.05) is 0 Å². The topological polar surface area (TPSA) is 63.9 Å². The van der Waals surface area contributed by atoms with Gasteiger partial charge in [0.05, 0.1) is 6.04 Å². The van der Waals surface area contributed by atoms with Crippen LogP contribution in [0.5, 0.6) is 0 Å². The molecule has 3 aromatic rings. The van der Waals surface area contributed by atoms with E-state index in [0.29, 0.717) is 12.1 Å². The Hall–Kier alpha value is -2.76. The number of carbonyl (C=O) groups is 1. The van der Waals surface area contributed by atoms with Gasteiger partial charge >= 0.3 is 0 Å². The molecule has 116 valence electrons. The number of aromatic nitrogens is 4. The van der Waals surface area contributed by atoms with Crippen molar-refractivity contribution in [1.82, 2.24) is 24.4 Å². The Labute approximate surface area is 133 Å². The van der Waals surface area contributed by atoms with Crippen molar-refractivity contribution in [2.45, 2.75) is 19.4 Å². The van der Waals surface area contributed by atoms with Crippen LogP contribution in [0.4, 0.5) is 0 Å². The number of rotatable bonds is 2. The van der Waals surface area contributed by atoms with Crippen molar-refractivity contribution < 1.29 is 4.79 Å². The lowest BCUT2D eigenvalue weighted by Gasteiger charge is -2.18. The predicted molar refractivity (Wildman–Crippen MR) is 86.1 cm³/mol. The number of imidazole rings is 1. The summed E-state index contributed by atoms with van der Waals surface area (Å²) >= 11 is 0. The first-order chi connectivity index (χ1) is 11.2. The Bertz CT molecular complexity index is 858. The van der Waals surface area contributed by atoms with Crippen LogP contribution >= 0.6 is 0 Å². The lowest BCUT2D eigenvalue weighted by atomic mass is 10.2. The lowest BCUT2D eigenvalue weighted by Crippen LogP contribution is -2.29. The number of nitrogens with zero attached hydrogens (tertiary/aromatic N) is 5. The average Bonchev–Trinajstić information content (AvgIpc) is 3.18. The Morgan fingerprint density at radius 1 is 1.22 bits per heavy atom. The molecule has 0 bridgehead atoms. The molecule has 23 heavy (non-hydrogen) atoms. The van der Waals surface area contributed by atoms with E-state index in [0.717, 1.165) is 30.0 Å². The molecule has 0 radical (unpaired) electrons. The average molecular weight is 307 g/mol. The summed E-state index contributed by atoms with van der Waals surface area (Å²) in [6, 6.07) is 7.61. The van der Waals surface area contributed by atoms with Gasteiger partial charge in [-0.25, -0.2) is 9.97 Å². The summed E-state index contributed by atoms with van der Waals surface area (Å²) < 4.78 is 2.16. The quantitative estimate of drug-likeness (QED) is 0.728. The van der Waals surface area contributed by atoms with Crippen LogP contribution < -0.4 is 0 Å². The number of amides is 1. The number of carbonyl (C=O) groups excluding carboxylic acids is 1. The zero-order valence-corrected chi connectivity index (χ0v) is 12.9. The molecule has 0 spiro atoms. The maximum atomic E-state index is 12.6. The number of fused-ring (bicyclic) bond motifs is 1. The van der Waals surface area contributed by atoms with E-state index >= 15 is 0 Å². The third-order valence-electron chi connectivity index (χ3n) is 4.37. The van der Waals surface area contributed by atoms with Gasteiger partial charge in [0.25, 0.3) is 5.91 Å². The molecular formula is C17H17N5O. The van der Waals surface area contributed by atoms with Crippen LogP contribution in [0.2, 0.25) is 0 Å². The van der Waals surface area contributed by atoms with E-state index in [4.69, 9.17) is 0 Å². The van der Waals surface area contributed by atoms with E-state index in [9.17, 15) is 4.79 Å². The van der Waals surface area contributed by atoms with Crippen LogP contribution in [0.25, 0.3) is 11.2 Å². The number of hydrogen-bond acceptors (Lipinski definition) is 4. The molecule has 3 aromatic heterocycles. The highest BCUT2D eigenvalue weighted by Crippen LogP contribution is 2.27. The molecule has 1 amide bonds. The van der Waals surface area contributed by atoms with Crippen LogP contribution in [0.3, 0.4) is 0 Å². The number of aryl methyl sites for hydroxylation is 1. The molecule has 6 heteroatoms. The van der Waals surface area contributed by atoms with Gasteiger partial charge in [-0.2, -0.15) is 0 Å². The van der Waals surface area contributed by atoms with Gasteiger partial charge < -0.3 is 9.47 Å². The number of hydrogen-bond donors (Lipinski definition) is 0. The minimum Gasteiger partial charge on any atom is -0.336 e. The Balaban J connectivity index is 1.61. The molecule has 0 aromatic carbocycles. The van der Waals surface area contributed by atoms with Crippen molar-refractivity contribution in [2.24, 2.45) is 0 Å². The van der Waals surface area contributed by atoms with E-state index in [1.807, 2.05) is 24.0 Å². The van der Waals surface area contributed by atoms with Gasteiger partial charge in [-0.05, 0) is 37.6 Å². The zero-order chi connectivity index (χ0) is 15.8. The van der Waals surface area contributed by atoms with Crippen LogP contribution in [0.1, 0.15) is 28.6 Å². The highest BCUT2D eigenvalue weighted by molar-refractivity contribution is 5.94. The van der Waals surface area contributed by atoms with Crippen LogP contribution in [-0.2, 0) is 0 Å². The van der Waals surface area contributed by atoms with E-state index in [1.54, 1.807) is 30.7 Å². The zero-order valence-electron chi connectivity index (χ0n) is 12.9. The van der Waals surface area contributed by atoms with Crippen molar-refractivity contribution in [3.8, 4) is 0 Å². The molecule has 0 saturated carbocycles. The van der Waals surface area contributed by atoms with Crippen LogP contribution in [0, 0.1) is 6.92 Å². The Kier molecular flexibility index (Phi) is 3.29. The summed E-state index contributed by atoms with van der Waals surface area (Å²) in [5, 5.41) is 0. The van der Waals surface area contributed by atoms with E-state index in [2.05, 4.69) is 19.5 Å². The summed E-state index contributed by atoms with van der Waals surface area (Å²) in [6.45, 7) is 3.43. The van der Waals surface area contributed by atoms with Gasteiger partial charge in [-0.3, -0.25) is 9.78 Å². The van der Waals surface area contributed by atoms with Gasteiger partial charge in [0.15, 0.2) is 5.65 Å². The van der Waals surface area contributed by atoms with Crippen molar-refractivity contribution in [1.29, 1.82) is 0 Å².